The standard InChI is InChI=1S/C11H20O2/c1-8(2)10(9(3)12)6-7-11(4,5)13/h6-7,9,12-13H,1-5H3/b7-6-. The van der Waals surface area contributed by atoms with Crippen molar-refractivity contribution in [3.8, 4) is 0 Å². The van der Waals surface area contributed by atoms with E-state index in [1.54, 1.807) is 32.9 Å². The summed E-state index contributed by atoms with van der Waals surface area (Å²) in [6.45, 7) is 9.01. The third kappa shape index (κ3) is 5.61. The van der Waals surface area contributed by atoms with Gasteiger partial charge in [-0.05, 0) is 40.2 Å². The van der Waals surface area contributed by atoms with Gasteiger partial charge in [-0.2, -0.15) is 0 Å². The topological polar surface area (TPSA) is 40.5 Å². The molecule has 2 heteroatoms. The number of allylic oxidation sites excluding steroid dienone is 1. The summed E-state index contributed by atoms with van der Waals surface area (Å²) >= 11 is 0. The molecule has 0 fully saturated rings. The molecule has 0 heterocycles. The van der Waals surface area contributed by atoms with E-state index in [-0.39, 0.29) is 0 Å². The lowest BCUT2D eigenvalue weighted by molar-refractivity contribution is 0.133. The van der Waals surface area contributed by atoms with Gasteiger partial charge in [0.05, 0.1) is 11.7 Å². The third-order valence-corrected chi connectivity index (χ3v) is 1.70. The van der Waals surface area contributed by atoms with Crippen molar-refractivity contribution in [1.29, 1.82) is 0 Å². The maximum Gasteiger partial charge on any atom is 0.0774 e. The molecule has 0 aliphatic heterocycles. The van der Waals surface area contributed by atoms with Crippen molar-refractivity contribution in [2.24, 2.45) is 0 Å². The van der Waals surface area contributed by atoms with Gasteiger partial charge in [-0.25, -0.2) is 0 Å². The number of rotatable bonds is 3. The lowest BCUT2D eigenvalue weighted by atomic mass is 10.0. The molecule has 0 rings (SSSR count). The van der Waals surface area contributed by atoms with Crippen LogP contribution >= 0.6 is 0 Å². The van der Waals surface area contributed by atoms with E-state index in [0.717, 1.165) is 11.1 Å². The molecule has 2 nitrogen and oxygen atoms in total. The summed E-state index contributed by atoms with van der Waals surface area (Å²) in [5.41, 5.74) is 1.10. The van der Waals surface area contributed by atoms with Gasteiger partial charge in [0.25, 0.3) is 0 Å². The average Bonchev–Trinajstić information content (AvgIpc) is 1.82. The Morgan fingerprint density at radius 3 is 2.00 bits per heavy atom. The zero-order valence-corrected chi connectivity index (χ0v) is 9.13. The maximum absolute atomic E-state index is 9.44. The number of aliphatic hydroxyl groups is 2. The van der Waals surface area contributed by atoms with Crippen LogP contribution in [0.5, 0.6) is 0 Å². The lowest BCUT2D eigenvalue weighted by Gasteiger charge is -2.13. The van der Waals surface area contributed by atoms with Crippen LogP contribution in [0.2, 0.25) is 0 Å². The summed E-state index contributed by atoms with van der Waals surface area (Å²) in [6, 6.07) is 0. The summed E-state index contributed by atoms with van der Waals surface area (Å²) in [4.78, 5) is 0. The molecule has 0 aromatic rings. The quantitative estimate of drug-likeness (QED) is 0.659. The minimum absolute atomic E-state index is 0.483. The molecule has 0 amide bonds. The molecule has 0 saturated carbocycles. The van der Waals surface area contributed by atoms with Crippen LogP contribution in [0.15, 0.2) is 23.3 Å². The Morgan fingerprint density at radius 2 is 1.77 bits per heavy atom. The number of hydrogen-bond donors (Lipinski definition) is 2. The first-order valence-electron chi connectivity index (χ1n) is 4.51. The van der Waals surface area contributed by atoms with Gasteiger partial charge in [0.2, 0.25) is 0 Å². The minimum atomic E-state index is -0.824. The van der Waals surface area contributed by atoms with Crippen LogP contribution < -0.4 is 0 Å². The summed E-state index contributed by atoms with van der Waals surface area (Å²) in [7, 11) is 0. The summed E-state index contributed by atoms with van der Waals surface area (Å²) < 4.78 is 0. The molecule has 1 unspecified atom stereocenters. The Kier molecular flexibility index (Phi) is 4.37. The highest BCUT2D eigenvalue weighted by Crippen LogP contribution is 2.13. The first-order valence-corrected chi connectivity index (χ1v) is 4.51. The Hall–Kier alpha value is -0.600. The predicted octanol–water partition coefficient (Wildman–Crippen LogP) is 2.03. The van der Waals surface area contributed by atoms with Crippen molar-refractivity contribution < 1.29 is 10.2 Å². The maximum atomic E-state index is 9.44. The molecular weight excluding hydrogens is 164 g/mol. The Morgan fingerprint density at radius 1 is 1.31 bits per heavy atom. The second kappa shape index (κ2) is 4.58. The van der Waals surface area contributed by atoms with E-state index < -0.39 is 11.7 Å². The van der Waals surface area contributed by atoms with Crippen molar-refractivity contribution in [3.05, 3.63) is 23.3 Å². The number of aliphatic hydroxyl groups excluding tert-OH is 1. The van der Waals surface area contributed by atoms with Crippen LogP contribution in [0.1, 0.15) is 34.6 Å². The molecule has 76 valence electrons. The van der Waals surface area contributed by atoms with Crippen LogP contribution in [-0.4, -0.2) is 21.9 Å². The Balaban J connectivity index is 4.67. The van der Waals surface area contributed by atoms with E-state index in [2.05, 4.69) is 0 Å². The van der Waals surface area contributed by atoms with Gasteiger partial charge in [0.15, 0.2) is 0 Å². The Labute approximate surface area is 80.6 Å². The fourth-order valence-corrected chi connectivity index (χ4v) is 1.02. The highest BCUT2D eigenvalue weighted by atomic mass is 16.3. The van der Waals surface area contributed by atoms with Crippen molar-refractivity contribution >= 4 is 0 Å². The van der Waals surface area contributed by atoms with Crippen LogP contribution in [0.3, 0.4) is 0 Å². The molecule has 2 N–H and O–H groups in total. The van der Waals surface area contributed by atoms with Gasteiger partial charge >= 0.3 is 0 Å². The third-order valence-electron chi connectivity index (χ3n) is 1.70. The first-order chi connectivity index (χ1) is 5.74. The molecule has 0 saturated heterocycles. The molecule has 0 bridgehead atoms. The Bertz CT molecular complexity index is 213. The smallest absolute Gasteiger partial charge is 0.0774 e. The molecular formula is C11H20O2. The van der Waals surface area contributed by atoms with Crippen LogP contribution in [0.4, 0.5) is 0 Å². The van der Waals surface area contributed by atoms with Crippen molar-refractivity contribution in [2.75, 3.05) is 0 Å². The minimum Gasteiger partial charge on any atom is -0.389 e. The molecule has 0 aromatic heterocycles. The van der Waals surface area contributed by atoms with Gasteiger partial charge < -0.3 is 10.2 Å². The zero-order chi connectivity index (χ0) is 10.6. The molecule has 13 heavy (non-hydrogen) atoms. The van der Waals surface area contributed by atoms with E-state index in [1.807, 2.05) is 13.8 Å². The van der Waals surface area contributed by atoms with Crippen molar-refractivity contribution in [3.63, 3.8) is 0 Å². The van der Waals surface area contributed by atoms with Crippen LogP contribution in [-0.2, 0) is 0 Å². The van der Waals surface area contributed by atoms with E-state index in [4.69, 9.17) is 0 Å². The second-order valence-corrected chi connectivity index (χ2v) is 4.12. The highest BCUT2D eigenvalue weighted by Gasteiger charge is 2.08. The number of hydrogen-bond acceptors (Lipinski definition) is 2. The van der Waals surface area contributed by atoms with E-state index >= 15 is 0 Å². The summed E-state index contributed by atoms with van der Waals surface area (Å²) in [6.07, 6.45) is 2.98. The summed E-state index contributed by atoms with van der Waals surface area (Å²) in [5, 5.41) is 18.8. The van der Waals surface area contributed by atoms with E-state index in [0.29, 0.717) is 0 Å². The molecule has 0 radical (unpaired) electrons. The summed E-state index contributed by atoms with van der Waals surface area (Å²) in [5.74, 6) is 0. The van der Waals surface area contributed by atoms with Crippen LogP contribution in [0.25, 0.3) is 0 Å². The molecule has 0 spiro atoms. The largest absolute Gasteiger partial charge is 0.389 e. The molecule has 0 aliphatic rings. The first kappa shape index (κ1) is 12.4. The van der Waals surface area contributed by atoms with Crippen molar-refractivity contribution in [2.45, 2.75) is 46.3 Å². The predicted molar refractivity (Wildman–Crippen MR) is 55.5 cm³/mol. The van der Waals surface area contributed by atoms with Crippen LogP contribution in [0, 0.1) is 0 Å². The van der Waals surface area contributed by atoms with Gasteiger partial charge in [0.1, 0.15) is 0 Å². The molecule has 0 aromatic carbocycles. The van der Waals surface area contributed by atoms with Gasteiger partial charge in [-0.15, -0.1) is 0 Å². The van der Waals surface area contributed by atoms with Crippen molar-refractivity contribution in [1.82, 2.24) is 0 Å². The fraction of sp³-hybridized carbons (Fsp3) is 0.636. The fourth-order valence-electron chi connectivity index (χ4n) is 1.02. The monoisotopic (exact) mass is 184 g/mol. The van der Waals surface area contributed by atoms with E-state index in [1.165, 1.54) is 0 Å². The molecule has 0 aliphatic carbocycles. The van der Waals surface area contributed by atoms with Gasteiger partial charge in [-0.3, -0.25) is 0 Å². The highest BCUT2D eigenvalue weighted by molar-refractivity contribution is 5.27. The average molecular weight is 184 g/mol. The SMILES string of the molecule is CC(C)=C(/C=C\C(C)(C)O)C(C)O. The molecule has 1 atom stereocenters. The zero-order valence-electron chi connectivity index (χ0n) is 9.13. The lowest BCUT2D eigenvalue weighted by Crippen LogP contribution is -2.14. The van der Waals surface area contributed by atoms with Gasteiger partial charge in [-0.1, -0.05) is 17.7 Å². The normalized spacial score (nSPS) is 14.7. The van der Waals surface area contributed by atoms with Gasteiger partial charge in [0, 0.05) is 0 Å². The second-order valence-electron chi connectivity index (χ2n) is 4.12. The van der Waals surface area contributed by atoms with E-state index in [9.17, 15) is 10.2 Å².